The number of allylic oxidation sites excluding steroid dienone is 4. The van der Waals surface area contributed by atoms with Gasteiger partial charge in [0.25, 0.3) is 0 Å². The van der Waals surface area contributed by atoms with E-state index in [4.69, 9.17) is 10.6 Å². The average Bonchev–Trinajstić information content (AvgIpc) is 2.64. The van der Waals surface area contributed by atoms with Crippen LogP contribution in [0.3, 0.4) is 0 Å². The third-order valence-electron chi connectivity index (χ3n) is 2.64. The summed E-state index contributed by atoms with van der Waals surface area (Å²) in [5.41, 5.74) is 4.41. The Morgan fingerprint density at radius 1 is 1.20 bits per heavy atom. The minimum atomic E-state index is -0.376. The smallest absolute Gasteiger partial charge is 0.165 e. The van der Waals surface area contributed by atoms with Crippen LogP contribution < -0.4 is 16.0 Å². The molecule has 1 aromatic carbocycles. The van der Waals surface area contributed by atoms with E-state index in [0.717, 1.165) is 11.3 Å². The second-order valence-electron chi connectivity index (χ2n) is 3.96. The second-order valence-corrected chi connectivity index (χ2v) is 3.96. The van der Waals surface area contributed by atoms with Gasteiger partial charge in [0, 0.05) is 5.70 Å². The molecule has 0 aromatic heterocycles. The van der Waals surface area contributed by atoms with Crippen LogP contribution in [0.1, 0.15) is 27.2 Å². The molecule has 3 nitrogen and oxygen atoms in total. The Morgan fingerprint density at radius 3 is 2.55 bits per heavy atom. The van der Waals surface area contributed by atoms with E-state index in [-0.39, 0.29) is 11.6 Å². The van der Waals surface area contributed by atoms with Crippen molar-refractivity contribution < 1.29 is 9.13 Å². The summed E-state index contributed by atoms with van der Waals surface area (Å²) in [7, 11) is 0. The third-order valence-corrected chi connectivity index (χ3v) is 2.64. The Labute approximate surface area is 119 Å². The Kier molecular flexibility index (Phi) is 6.53. The van der Waals surface area contributed by atoms with E-state index in [2.05, 4.69) is 5.43 Å². The summed E-state index contributed by atoms with van der Waals surface area (Å²) in [5.74, 6) is 5.86. The van der Waals surface area contributed by atoms with E-state index in [1.54, 1.807) is 18.2 Å². The number of hydrogen-bond acceptors (Lipinski definition) is 3. The van der Waals surface area contributed by atoms with Gasteiger partial charge in [0.2, 0.25) is 0 Å². The highest BCUT2D eigenvalue weighted by Crippen LogP contribution is 2.22. The first-order chi connectivity index (χ1) is 9.70. The molecule has 0 radical (unpaired) electrons. The number of nitrogens with one attached hydrogen (secondary N) is 1. The van der Waals surface area contributed by atoms with Gasteiger partial charge in [-0.3, -0.25) is 5.84 Å². The molecule has 1 aliphatic carbocycles. The molecule has 4 heteroatoms. The van der Waals surface area contributed by atoms with E-state index >= 15 is 0 Å². The Balaban J connectivity index is 0.000000956. The normalized spacial score (nSPS) is 13.9. The second kappa shape index (κ2) is 8.17. The first kappa shape index (κ1) is 16.0. The molecular weight excluding hydrogens is 255 g/mol. The lowest BCUT2D eigenvalue weighted by Crippen LogP contribution is -2.21. The van der Waals surface area contributed by atoms with Crippen molar-refractivity contribution in [1.82, 2.24) is 5.43 Å². The van der Waals surface area contributed by atoms with Crippen LogP contribution in [0.2, 0.25) is 0 Å². The number of halogens is 1. The van der Waals surface area contributed by atoms with Crippen LogP contribution in [0, 0.1) is 5.82 Å². The summed E-state index contributed by atoms with van der Waals surface area (Å²) >= 11 is 0. The summed E-state index contributed by atoms with van der Waals surface area (Å²) in [6.07, 6.45) is 6.33. The fraction of sp³-hybridized carbons (Fsp3) is 0.250. The molecule has 1 aromatic rings. The van der Waals surface area contributed by atoms with Gasteiger partial charge in [-0.15, -0.1) is 0 Å². The molecule has 3 N–H and O–H groups in total. The molecule has 2 rings (SSSR count). The molecule has 0 heterocycles. The molecule has 0 saturated carbocycles. The molecule has 0 fully saturated rings. The number of para-hydroxylation sites is 1. The lowest BCUT2D eigenvalue weighted by atomic mass is 10.2. The van der Waals surface area contributed by atoms with Gasteiger partial charge >= 0.3 is 0 Å². The van der Waals surface area contributed by atoms with Crippen molar-refractivity contribution in [2.24, 2.45) is 5.84 Å². The SMILES string of the molecule is CC.CC1=CC(Oc2ccccc2F)=CCC=C1NN. The first-order valence-electron chi connectivity index (χ1n) is 6.68. The van der Waals surface area contributed by atoms with Gasteiger partial charge in [-0.05, 0) is 43.2 Å². The molecule has 0 saturated heterocycles. The zero-order valence-corrected chi connectivity index (χ0v) is 12.1. The van der Waals surface area contributed by atoms with Gasteiger partial charge in [0.15, 0.2) is 11.6 Å². The fourth-order valence-corrected chi connectivity index (χ4v) is 1.70. The van der Waals surface area contributed by atoms with Crippen LogP contribution >= 0.6 is 0 Å². The Hall–Kier alpha value is -2.07. The van der Waals surface area contributed by atoms with E-state index in [1.165, 1.54) is 6.07 Å². The monoisotopic (exact) mass is 276 g/mol. The van der Waals surface area contributed by atoms with Crippen molar-refractivity contribution in [3.05, 3.63) is 65.3 Å². The highest BCUT2D eigenvalue weighted by atomic mass is 19.1. The summed E-state index contributed by atoms with van der Waals surface area (Å²) < 4.78 is 19.0. The maximum absolute atomic E-state index is 13.5. The van der Waals surface area contributed by atoms with Crippen LogP contribution in [-0.2, 0) is 0 Å². The van der Waals surface area contributed by atoms with E-state index in [0.29, 0.717) is 12.2 Å². The predicted octanol–water partition coefficient (Wildman–Crippen LogP) is 3.81. The maximum atomic E-state index is 13.5. The molecule has 0 bridgehead atoms. The van der Waals surface area contributed by atoms with Gasteiger partial charge in [-0.2, -0.15) is 0 Å². The van der Waals surface area contributed by atoms with Gasteiger partial charge < -0.3 is 10.2 Å². The maximum Gasteiger partial charge on any atom is 0.165 e. The number of benzene rings is 1. The van der Waals surface area contributed by atoms with Crippen molar-refractivity contribution in [1.29, 1.82) is 0 Å². The molecule has 0 unspecified atom stereocenters. The summed E-state index contributed by atoms with van der Waals surface area (Å²) in [4.78, 5) is 0. The summed E-state index contributed by atoms with van der Waals surface area (Å²) in [5, 5.41) is 0. The van der Waals surface area contributed by atoms with Crippen molar-refractivity contribution >= 4 is 0 Å². The Bertz CT molecular complexity index is 533. The van der Waals surface area contributed by atoms with E-state index in [9.17, 15) is 4.39 Å². The quantitative estimate of drug-likeness (QED) is 0.652. The number of nitrogens with two attached hydrogens (primary N) is 1. The van der Waals surface area contributed by atoms with Crippen molar-refractivity contribution in [2.45, 2.75) is 27.2 Å². The first-order valence-corrected chi connectivity index (χ1v) is 6.68. The largest absolute Gasteiger partial charge is 0.455 e. The minimum Gasteiger partial charge on any atom is -0.455 e. The molecule has 1 aliphatic rings. The topological polar surface area (TPSA) is 47.3 Å². The fourth-order valence-electron chi connectivity index (χ4n) is 1.70. The molecule has 0 atom stereocenters. The average molecular weight is 276 g/mol. The van der Waals surface area contributed by atoms with Crippen LogP contribution in [0.5, 0.6) is 5.75 Å². The lowest BCUT2D eigenvalue weighted by molar-refractivity contribution is 0.410. The standard InChI is InChI=1S/C14H15FN2O.C2H6/c1-10-9-11(5-4-7-13(10)17-16)18-14-8-3-2-6-12(14)15;1-2/h2-3,5-9,17H,4,16H2,1H3;1-2H3. The zero-order chi connectivity index (χ0) is 15.0. The predicted molar refractivity (Wildman–Crippen MR) is 80.2 cm³/mol. The van der Waals surface area contributed by atoms with Crippen LogP contribution in [-0.4, -0.2) is 0 Å². The van der Waals surface area contributed by atoms with Crippen LogP contribution in [0.4, 0.5) is 4.39 Å². The van der Waals surface area contributed by atoms with Crippen molar-refractivity contribution in [3.63, 3.8) is 0 Å². The highest BCUT2D eigenvalue weighted by Gasteiger charge is 2.08. The van der Waals surface area contributed by atoms with Crippen LogP contribution in [0.25, 0.3) is 0 Å². The number of hydrogen-bond donors (Lipinski definition) is 2. The lowest BCUT2D eigenvalue weighted by Gasteiger charge is -2.08. The summed E-state index contributed by atoms with van der Waals surface area (Å²) in [6.45, 7) is 5.91. The highest BCUT2D eigenvalue weighted by molar-refractivity contribution is 5.38. The third kappa shape index (κ3) is 4.24. The summed E-state index contributed by atoms with van der Waals surface area (Å²) in [6, 6.07) is 6.33. The molecule has 0 amide bonds. The zero-order valence-electron chi connectivity index (χ0n) is 12.1. The van der Waals surface area contributed by atoms with Crippen LogP contribution in [0.15, 0.2) is 59.5 Å². The molecule has 108 valence electrons. The minimum absolute atomic E-state index is 0.219. The Morgan fingerprint density at radius 2 is 1.90 bits per heavy atom. The van der Waals surface area contributed by atoms with Crippen molar-refractivity contribution in [3.8, 4) is 5.75 Å². The number of hydrazine groups is 1. The number of ether oxygens (including phenoxy) is 1. The molecule has 0 spiro atoms. The molecular formula is C16H21FN2O. The van der Waals surface area contributed by atoms with Gasteiger partial charge in [0.1, 0.15) is 5.76 Å². The van der Waals surface area contributed by atoms with E-state index in [1.807, 2.05) is 39.0 Å². The van der Waals surface area contributed by atoms with Gasteiger partial charge in [-0.1, -0.05) is 32.1 Å². The van der Waals surface area contributed by atoms with E-state index < -0.39 is 0 Å². The van der Waals surface area contributed by atoms with Crippen molar-refractivity contribution in [2.75, 3.05) is 0 Å². The van der Waals surface area contributed by atoms with Gasteiger partial charge in [-0.25, -0.2) is 4.39 Å². The molecule has 20 heavy (non-hydrogen) atoms. The number of rotatable bonds is 3. The van der Waals surface area contributed by atoms with Gasteiger partial charge in [0.05, 0.1) is 0 Å². The molecule has 0 aliphatic heterocycles.